The number of hydrogen-bond acceptors (Lipinski definition) is 3. The number of carbonyl (C=O) groups is 1. The van der Waals surface area contributed by atoms with Gasteiger partial charge in [-0.1, -0.05) is 12.1 Å². The van der Waals surface area contributed by atoms with Crippen LogP contribution in [0.15, 0.2) is 47.4 Å². The van der Waals surface area contributed by atoms with E-state index in [0.717, 1.165) is 18.2 Å². The number of halogens is 2. The highest BCUT2D eigenvalue weighted by atomic mass is 32.2. The molecule has 0 aliphatic rings. The summed E-state index contributed by atoms with van der Waals surface area (Å²) in [5.41, 5.74) is 0.181. The first-order valence-corrected chi connectivity index (χ1v) is 8.12. The summed E-state index contributed by atoms with van der Waals surface area (Å²) >= 11 is 0. The smallest absolute Gasteiger partial charge is 0.254 e. The first-order valence-electron chi connectivity index (χ1n) is 6.57. The van der Waals surface area contributed by atoms with Crippen molar-refractivity contribution in [1.29, 1.82) is 0 Å². The van der Waals surface area contributed by atoms with Gasteiger partial charge in [0.15, 0.2) is 0 Å². The number of benzene rings is 2. The van der Waals surface area contributed by atoms with Crippen LogP contribution in [0.5, 0.6) is 0 Å². The summed E-state index contributed by atoms with van der Waals surface area (Å²) in [4.78, 5) is 11.9. The van der Waals surface area contributed by atoms with Crippen LogP contribution < -0.4 is 10.5 Å². The quantitative estimate of drug-likeness (QED) is 0.893. The molecule has 5 nitrogen and oxygen atoms in total. The van der Waals surface area contributed by atoms with Gasteiger partial charge in [-0.3, -0.25) is 4.79 Å². The summed E-state index contributed by atoms with van der Waals surface area (Å²) in [7, 11) is -3.80. The van der Waals surface area contributed by atoms with Gasteiger partial charge >= 0.3 is 0 Å². The van der Waals surface area contributed by atoms with Crippen LogP contribution >= 0.6 is 0 Å². The predicted molar refractivity (Wildman–Crippen MR) is 80.1 cm³/mol. The lowest BCUT2D eigenvalue weighted by Crippen LogP contribution is -2.27. The lowest BCUT2D eigenvalue weighted by molar-refractivity contribution is 0.0935. The minimum Gasteiger partial charge on any atom is -0.345 e. The van der Waals surface area contributed by atoms with Crippen molar-refractivity contribution in [3.05, 3.63) is 65.2 Å². The van der Waals surface area contributed by atoms with Crippen molar-refractivity contribution in [2.45, 2.75) is 17.9 Å². The molecule has 122 valence electrons. The fraction of sp³-hybridized carbons (Fsp3) is 0.133. The molecule has 1 atom stereocenters. The Morgan fingerprint density at radius 1 is 1.13 bits per heavy atom. The third-order valence-corrected chi connectivity index (χ3v) is 4.16. The first-order chi connectivity index (χ1) is 10.7. The van der Waals surface area contributed by atoms with Crippen molar-refractivity contribution in [1.82, 2.24) is 5.32 Å². The average molecular weight is 340 g/mol. The molecule has 0 bridgehead atoms. The van der Waals surface area contributed by atoms with Gasteiger partial charge in [0.1, 0.15) is 11.6 Å². The molecule has 2 aromatic rings. The van der Waals surface area contributed by atoms with Gasteiger partial charge in [0, 0.05) is 0 Å². The number of rotatable bonds is 4. The summed E-state index contributed by atoms with van der Waals surface area (Å²) < 4.78 is 49.0. The highest BCUT2D eigenvalue weighted by molar-refractivity contribution is 7.89. The highest BCUT2D eigenvalue weighted by Gasteiger charge is 2.16. The van der Waals surface area contributed by atoms with E-state index >= 15 is 0 Å². The lowest BCUT2D eigenvalue weighted by atomic mass is 10.1. The first kappa shape index (κ1) is 17.0. The molecule has 0 aliphatic carbocycles. The van der Waals surface area contributed by atoms with Crippen molar-refractivity contribution >= 4 is 15.9 Å². The molecule has 0 aromatic heterocycles. The minimum atomic E-state index is -3.80. The average Bonchev–Trinajstić information content (AvgIpc) is 2.48. The number of amides is 1. The monoisotopic (exact) mass is 340 g/mol. The summed E-state index contributed by atoms with van der Waals surface area (Å²) in [6.07, 6.45) is 0. The van der Waals surface area contributed by atoms with Gasteiger partial charge in [-0.2, -0.15) is 0 Å². The van der Waals surface area contributed by atoms with Crippen molar-refractivity contribution in [2.24, 2.45) is 5.14 Å². The van der Waals surface area contributed by atoms with Gasteiger partial charge < -0.3 is 5.32 Å². The fourth-order valence-corrected chi connectivity index (χ4v) is 2.49. The molecular formula is C15H14F2N2O3S. The van der Waals surface area contributed by atoms with E-state index in [2.05, 4.69) is 5.32 Å². The number of nitrogens with two attached hydrogens (primary N) is 1. The number of nitrogens with one attached hydrogen (secondary N) is 1. The van der Waals surface area contributed by atoms with E-state index in [1.807, 2.05) is 0 Å². The van der Waals surface area contributed by atoms with E-state index in [1.54, 1.807) is 6.92 Å². The minimum absolute atomic E-state index is 0.0593. The molecule has 1 amide bonds. The Bertz CT molecular complexity index is 836. The molecule has 0 saturated carbocycles. The third kappa shape index (κ3) is 4.11. The molecular weight excluding hydrogens is 326 g/mol. The standard InChI is InChI=1S/C15H14F2N2O3S/c1-9(10-2-5-12(6-3-10)23(18,21)22)19-15(20)13-8-11(16)4-7-14(13)17/h2-9H,1H3,(H,19,20)(H2,18,21,22). The van der Waals surface area contributed by atoms with Gasteiger partial charge in [-0.25, -0.2) is 22.3 Å². The molecule has 0 radical (unpaired) electrons. The van der Waals surface area contributed by atoms with E-state index in [1.165, 1.54) is 24.3 Å². The van der Waals surface area contributed by atoms with Gasteiger partial charge in [0.2, 0.25) is 10.0 Å². The van der Waals surface area contributed by atoms with Crippen molar-refractivity contribution in [2.75, 3.05) is 0 Å². The zero-order valence-corrected chi connectivity index (χ0v) is 12.9. The van der Waals surface area contributed by atoms with E-state index in [-0.39, 0.29) is 4.90 Å². The molecule has 0 saturated heterocycles. The SMILES string of the molecule is CC(NC(=O)c1cc(F)ccc1F)c1ccc(S(N)(=O)=O)cc1. The second-order valence-corrected chi connectivity index (χ2v) is 6.49. The molecule has 0 fully saturated rings. The number of carbonyl (C=O) groups excluding carboxylic acids is 1. The van der Waals surface area contributed by atoms with Gasteiger partial charge in [-0.15, -0.1) is 0 Å². The summed E-state index contributed by atoms with van der Waals surface area (Å²) in [5, 5.41) is 7.51. The summed E-state index contributed by atoms with van der Waals surface area (Å²) in [6.45, 7) is 1.63. The van der Waals surface area contributed by atoms with Gasteiger partial charge in [0.05, 0.1) is 16.5 Å². The van der Waals surface area contributed by atoms with Crippen molar-refractivity contribution in [3.63, 3.8) is 0 Å². The van der Waals surface area contributed by atoms with Crippen LogP contribution in [-0.4, -0.2) is 14.3 Å². The van der Waals surface area contributed by atoms with Crippen molar-refractivity contribution < 1.29 is 22.0 Å². The molecule has 0 aliphatic heterocycles. The maximum absolute atomic E-state index is 13.5. The zero-order valence-electron chi connectivity index (χ0n) is 12.1. The Morgan fingerprint density at radius 3 is 2.30 bits per heavy atom. The fourth-order valence-electron chi connectivity index (χ4n) is 1.98. The number of primary sulfonamides is 1. The summed E-state index contributed by atoms with van der Waals surface area (Å²) in [5.74, 6) is -2.33. The Hall–Kier alpha value is -2.32. The van der Waals surface area contributed by atoms with Crippen LogP contribution in [-0.2, 0) is 10.0 Å². The van der Waals surface area contributed by atoms with Crippen LogP contribution in [0.3, 0.4) is 0 Å². The maximum atomic E-state index is 13.5. The van der Waals surface area contributed by atoms with E-state index < -0.39 is 39.2 Å². The van der Waals surface area contributed by atoms with Crippen molar-refractivity contribution in [3.8, 4) is 0 Å². The van der Waals surface area contributed by atoms with Gasteiger partial charge in [0.25, 0.3) is 5.91 Å². The van der Waals surface area contributed by atoms with Crippen LogP contribution in [0.1, 0.15) is 28.9 Å². The number of hydrogen-bond donors (Lipinski definition) is 2. The Labute approximate surface area is 132 Å². The molecule has 8 heteroatoms. The summed E-state index contributed by atoms with van der Waals surface area (Å²) in [6, 6.07) is 7.62. The van der Waals surface area contributed by atoms with E-state index in [4.69, 9.17) is 5.14 Å². The molecule has 2 rings (SSSR count). The van der Waals surface area contributed by atoms with Crippen LogP contribution in [0.25, 0.3) is 0 Å². The van der Waals surface area contributed by atoms with Crippen LogP contribution in [0, 0.1) is 11.6 Å². The Balaban J connectivity index is 2.17. The maximum Gasteiger partial charge on any atom is 0.254 e. The Morgan fingerprint density at radius 2 is 1.74 bits per heavy atom. The van der Waals surface area contributed by atoms with Gasteiger partial charge in [-0.05, 0) is 42.8 Å². The highest BCUT2D eigenvalue weighted by Crippen LogP contribution is 2.17. The van der Waals surface area contributed by atoms with Crippen LogP contribution in [0.2, 0.25) is 0 Å². The molecule has 23 heavy (non-hydrogen) atoms. The zero-order chi connectivity index (χ0) is 17.2. The molecule has 0 spiro atoms. The third-order valence-electron chi connectivity index (χ3n) is 3.23. The van der Waals surface area contributed by atoms with E-state index in [0.29, 0.717) is 5.56 Å². The predicted octanol–water partition coefficient (Wildman–Crippen LogP) is 2.10. The topological polar surface area (TPSA) is 89.3 Å². The lowest BCUT2D eigenvalue weighted by Gasteiger charge is -2.15. The molecule has 2 aromatic carbocycles. The second-order valence-electron chi connectivity index (χ2n) is 4.93. The molecule has 3 N–H and O–H groups in total. The van der Waals surface area contributed by atoms with E-state index in [9.17, 15) is 22.0 Å². The Kier molecular flexibility index (Phi) is 4.76. The molecule has 1 unspecified atom stereocenters. The molecule has 0 heterocycles. The normalized spacial score (nSPS) is 12.7. The van der Waals surface area contributed by atoms with Crippen LogP contribution in [0.4, 0.5) is 8.78 Å². The largest absolute Gasteiger partial charge is 0.345 e. The number of sulfonamides is 1. The second kappa shape index (κ2) is 6.43.